The van der Waals surface area contributed by atoms with Crippen LogP contribution in [0.1, 0.15) is 29.7 Å². The molecular weight excluding hydrogens is 317 g/mol. The molecule has 1 aromatic heterocycles. The quantitative estimate of drug-likeness (QED) is 0.872. The predicted octanol–water partition coefficient (Wildman–Crippen LogP) is 4.42. The minimum absolute atomic E-state index is 0.0876. The van der Waals surface area contributed by atoms with Gasteiger partial charge in [0.2, 0.25) is 0 Å². The van der Waals surface area contributed by atoms with Crippen LogP contribution in [0, 0.1) is 0 Å². The lowest BCUT2D eigenvalue weighted by Crippen LogP contribution is -2.08. The number of aliphatic hydroxyl groups excluding tert-OH is 1. The Hall–Kier alpha value is -1.79. The molecule has 22 heavy (non-hydrogen) atoms. The molecule has 0 amide bonds. The van der Waals surface area contributed by atoms with E-state index < -0.39 is 17.8 Å². The van der Waals surface area contributed by atoms with E-state index in [0.29, 0.717) is 6.54 Å². The Kier molecular flexibility index (Phi) is 4.93. The smallest absolute Gasteiger partial charge is 0.389 e. The number of nitrogens with one attached hydrogen (secondary N) is 1. The molecule has 7 heteroatoms. The van der Waals surface area contributed by atoms with Crippen molar-refractivity contribution in [1.29, 1.82) is 0 Å². The summed E-state index contributed by atoms with van der Waals surface area (Å²) in [6.45, 7) is 2.03. The van der Waals surface area contributed by atoms with Crippen LogP contribution >= 0.6 is 11.6 Å². The Morgan fingerprint density at radius 2 is 1.91 bits per heavy atom. The maximum atomic E-state index is 12.5. The molecule has 0 bridgehead atoms. The molecule has 0 aliphatic heterocycles. The van der Waals surface area contributed by atoms with Gasteiger partial charge in [0.1, 0.15) is 5.82 Å². The van der Waals surface area contributed by atoms with Gasteiger partial charge in [0, 0.05) is 12.7 Å². The molecule has 1 aromatic carbocycles. The van der Waals surface area contributed by atoms with Gasteiger partial charge in [-0.05, 0) is 24.1 Å². The van der Waals surface area contributed by atoms with Gasteiger partial charge in [-0.25, -0.2) is 4.98 Å². The van der Waals surface area contributed by atoms with Crippen LogP contribution in [0.3, 0.4) is 0 Å². The highest BCUT2D eigenvalue weighted by atomic mass is 35.5. The molecule has 0 radical (unpaired) electrons. The van der Waals surface area contributed by atoms with Gasteiger partial charge in [0.15, 0.2) is 0 Å². The van der Waals surface area contributed by atoms with Crippen molar-refractivity contribution in [2.24, 2.45) is 0 Å². The third-order valence-electron chi connectivity index (χ3n) is 3.09. The third kappa shape index (κ3) is 4.11. The van der Waals surface area contributed by atoms with Gasteiger partial charge in [0.05, 0.1) is 16.7 Å². The summed E-state index contributed by atoms with van der Waals surface area (Å²) in [6.07, 6.45) is -4.27. The number of halogens is 4. The SMILES string of the molecule is CC(O)c1ccc(CNc2ncc(C(F)(F)F)cc2Cl)cc1. The predicted molar refractivity (Wildman–Crippen MR) is 78.7 cm³/mol. The fraction of sp³-hybridized carbons (Fsp3) is 0.267. The summed E-state index contributed by atoms with van der Waals surface area (Å²) >= 11 is 5.81. The molecule has 3 nitrogen and oxygen atoms in total. The summed E-state index contributed by atoms with van der Waals surface area (Å²) < 4.78 is 37.5. The highest BCUT2D eigenvalue weighted by Gasteiger charge is 2.31. The zero-order valence-corrected chi connectivity index (χ0v) is 12.4. The normalized spacial score (nSPS) is 13.0. The van der Waals surface area contributed by atoms with E-state index in [0.717, 1.165) is 23.4 Å². The molecule has 0 saturated heterocycles. The fourth-order valence-electron chi connectivity index (χ4n) is 1.82. The maximum Gasteiger partial charge on any atom is 0.417 e. The first kappa shape index (κ1) is 16.6. The van der Waals surface area contributed by atoms with Crippen LogP contribution in [0.5, 0.6) is 0 Å². The number of alkyl halides is 3. The van der Waals surface area contributed by atoms with Crippen LogP contribution in [0.4, 0.5) is 19.0 Å². The van der Waals surface area contributed by atoms with Crippen LogP contribution in [-0.4, -0.2) is 10.1 Å². The van der Waals surface area contributed by atoms with E-state index in [1.54, 1.807) is 19.1 Å². The Bertz CT molecular complexity index is 642. The Labute approximate surface area is 130 Å². The Morgan fingerprint density at radius 3 is 2.41 bits per heavy atom. The first-order valence-corrected chi connectivity index (χ1v) is 6.88. The van der Waals surface area contributed by atoms with Crippen molar-refractivity contribution in [3.05, 3.63) is 58.2 Å². The second-order valence-corrected chi connectivity index (χ2v) is 5.23. The molecule has 0 aliphatic carbocycles. The fourth-order valence-corrected chi connectivity index (χ4v) is 2.06. The van der Waals surface area contributed by atoms with E-state index in [1.807, 2.05) is 12.1 Å². The van der Waals surface area contributed by atoms with Crippen LogP contribution in [0.2, 0.25) is 5.02 Å². The van der Waals surface area contributed by atoms with Crippen molar-refractivity contribution in [2.45, 2.75) is 25.7 Å². The van der Waals surface area contributed by atoms with Crippen molar-refractivity contribution >= 4 is 17.4 Å². The highest BCUT2D eigenvalue weighted by Crippen LogP contribution is 2.32. The number of hydrogen-bond donors (Lipinski definition) is 2. The van der Waals surface area contributed by atoms with Gasteiger partial charge in [-0.15, -0.1) is 0 Å². The van der Waals surface area contributed by atoms with E-state index in [-0.39, 0.29) is 10.8 Å². The van der Waals surface area contributed by atoms with Crippen molar-refractivity contribution in [1.82, 2.24) is 4.98 Å². The van der Waals surface area contributed by atoms with E-state index in [4.69, 9.17) is 11.6 Å². The summed E-state index contributed by atoms with van der Waals surface area (Å²) in [5, 5.41) is 12.2. The molecule has 2 aromatic rings. The van der Waals surface area contributed by atoms with Gasteiger partial charge >= 0.3 is 6.18 Å². The average Bonchev–Trinajstić information content (AvgIpc) is 2.45. The molecule has 0 saturated carbocycles. The number of pyridine rings is 1. The maximum absolute atomic E-state index is 12.5. The van der Waals surface area contributed by atoms with E-state index in [2.05, 4.69) is 10.3 Å². The number of rotatable bonds is 4. The number of anilines is 1. The van der Waals surface area contributed by atoms with Crippen molar-refractivity contribution in [3.63, 3.8) is 0 Å². The second-order valence-electron chi connectivity index (χ2n) is 4.82. The van der Waals surface area contributed by atoms with Crippen LogP contribution in [-0.2, 0) is 12.7 Å². The zero-order valence-electron chi connectivity index (χ0n) is 11.7. The molecule has 0 spiro atoms. The largest absolute Gasteiger partial charge is 0.417 e. The average molecular weight is 331 g/mol. The van der Waals surface area contributed by atoms with Crippen molar-refractivity contribution < 1.29 is 18.3 Å². The molecule has 2 rings (SSSR count). The van der Waals surface area contributed by atoms with Gasteiger partial charge in [-0.2, -0.15) is 13.2 Å². The van der Waals surface area contributed by atoms with Gasteiger partial charge in [0.25, 0.3) is 0 Å². The molecule has 1 unspecified atom stereocenters. The minimum atomic E-state index is -4.47. The first-order valence-electron chi connectivity index (χ1n) is 6.51. The first-order chi connectivity index (χ1) is 10.3. The van der Waals surface area contributed by atoms with Crippen molar-refractivity contribution in [2.75, 3.05) is 5.32 Å². The van der Waals surface area contributed by atoms with Crippen LogP contribution in [0.15, 0.2) is 36.5 Å². The molecule has 0 fully saturated rings. The van der Waals surface area contributed by atoms with E-state index in [1.165, 1.54) is 0 Å². The summed E-state index contributed by atoms with van der Waals surface area (Å²) in [6, 6.07) is 8.03. The van der Waals surface area contributed by atoms with Crippen LogP contribution in [0.25, 0.3) is 0 Å². The van der Waals surface area contributed by atoms with Gasteiger partial charge in [-0.3, -0.25) is 0 Å². The molecule has 2 N–H and O–H groups in total. The summed E-state index contributed by atoms with van der Waals surface area (Å²) in [5.74, 6) is 0.189. The Morgan fingerprint density at radius 1 is 1.27 bits per heavy atom. The lowest BCUT2D eigenvalue weighted by atomic mass is 10.1. The number of hydrogen-bond acceptors (Lipinski definition) is 3. The topological polar surface area (TPSA) is 45.1 Å². The standard InChI is InChI=1S/C15H14ClF3N2O/c1-9(22)11-4-2-10(3-5-11)7-20-14-13(16)6-12(8-21-14)15(17,18)19/h2-6,8-9,22H,7H2,1H3,(H,20,21). The lowest BCUT2D eigenvalue weighted by molar-refractivity contribution is -0.137. The summed E-state index contributed by atoms with van der Waals surface area (Å²) in [7, 11) is 0. The number of aromatic nitrogens is 1. The second kappa shape index (κ2) is 6.54. The van der Waals surface area contributed by atoms with E-state index in [9.17, 15) is 18.3 Å². The van der Waals surface area contributed by atoms with E-state index >= 15 is 0 Å². The number of benzene rings is 1. The molecule has 0 aliphatic rings. The van der Waals surface area contributed by atoms with Gasteiger partial charge in [-0.1, -0.05) is 35.9 Å². The number of nitrogens with zero attached hydrogens (tertiary/aromatic N) is 1. The molecule has 118 valence electrons. The lowest BCUT2D eigenvalue weighted by Gasteiger charge is -2.11. The number of aliphatic hydroxyl groups is 1. The Balaban J connectivity index is 2.05. The summed E-state index contributed by atoms with van der Waals surface area (Å²) in [4.78, 5) is 3.70. The van der Waals surface area contributed by atoms with Crippen molar-refractivity contribution in [3.8, 4) is 0 Å². The zero-order chi connectivity index (χ0) is 16.3. The molecule has 1 atom stereocenters. The summed E-state index contributed by atoms with van der Waals surface area (Å²) in [5.41, 5.74) is 0.793. The van der Waals surface area contributed by atoms with Crippen LogP contribution < -0.4 is 5.32 Å². The highest BCUT2D eigenvalue weighted by molar-refractivity contribution is 6.32. The van der Waals surface area contributed by atoms with Gasteiger partial charge < -0.3 is 10.4 Å². The molecule has 1 heterocycles. The minimum Gasteiger partial charge on any atom is -0.389 e. The molecular formula is C15H14ClF3N2O. The monoisotopic (exact) mass is 330 g/mol. The third-order valence-corrected chi connectivity index (χ3v) is 3.38.